The van der Waals surface area contributed by atoms with Crippen LogP contribution in [0.5, 0.6) is 46.0 Å². The van der Waals surface area contributed by atoms with Gasteiger partial charge in [0.05, 0.1) is 5.69 Å². The van der Waals surface area contributed by atoms with E-state index in [1.807, 2.05) is 71.0 Å². The van der Waals surface area contributed by atoms with Gasteiger partial charge in [0.2, 0.25) is 0 Å². The van der Waals surface area contributed by atoms with E-state index in [4.69, 9.17) is 27.8 Å². The van der Waals surface area contributed by atoms with Gasteiger partial charge >= 0.3 is 22.5 Å². The van der Waals surface area contributed by atoms with Crippen LogP contribution in [0.4, 0.5) is 0 Å². The van der Waals surface area contributed by atoms with Crippen molar-refractivity contribution < 1.29 is 27.8 Å². The van der Waals surface area contributed by atoms with Gasteiger partial charge in [0.1, 0.15) is 66.1 Å². The Hall–Kier alpha value is -10.5. The molecular formula is C63H44N2O14. The van der Waals surface area contributed by atoms with Gasteiger partial charge < -0.3 is 27.8 Å². The van der Waals surface area contributed by atoms with E-state index in [2.05, 4.69) is 24.3 Å². The van der Waals surface area contributed by atoms with Crippen LogP contribution in [0, 0.1) is 34.6 Å². The van der Waals surface area contributed by atoms with E-state index in [1.165, 1.54) is 12.6 Å². The topological polar surface area (TPSA) is 210 Å². The molecule has 0 N–H and O–H groups in total. The van der Waals surface area contributed by atoms with Gasteiger partial charge in [0.15, 0.2) is 23.0 Å². The van der Waals surface area contributed by atoms with Crippen molar-refractivity contribution in [1.82, 2.24) is 9.13 Å². The Morgan fingerprint density at radius 2 is 0.557 bits per heavy atom. The number of hydrogen-bond acceptors (Lipinski definition) is 14. The summed E-state index contributed by atoms with van der Waals surface area (Å²) in [6.07, 6.45) is 0.677. The molecule has 12 rings (SSSR count). The number of nitrogens with zero attached hydrogens (tertiary/aromatic N) is 2. The molecule has 8 aromatic carbocycles. The molecule has 0 amide bonds. The monoisotopic (exact) mass is 1050 g/mol. The molecule has 79 heavy (non-hydrogen) atoms. The summed E-state index contributed by atoms with van der Waals surface area (Å²) in [5.74, 6) is 0.341. The van der Waals surface area contributed by atoms with E-state index < -0.39 is 44.7 Å². The lowest BCUT2D eigenvalue weighted by Crippen LogP contribution is -2.23. The maximum Gasteiger partial charge on any atom is 0.350 e. The summed E-state index contributed by atoms with van der Waals surface area (Å²) < 4.78 is 35.7. The van der Waals surface area contributed by atoms with Gasteiger partial charge in [0, 0.05) is 7.05 Å². The second-order valence-corrected chi connectivity index (χ2v) is 19.3. The number of hydrogen-bond donors (Lipinski definition) is 0. The number of benzene rings is 8. The first-order valence-corrected chi connectivity index (χ1v) is 24.8. The molecular weight excluding hydrogens is 1010 g/mol. The molecule has 0 radical (unpaired) electrons. The van der Waals surface area contributed by atoms with Crippen LogP contribution in [0.2, 0.25) is 0 Å². The molecule has 0 fully saturated rings. The zero-order chi connectivity index (χ0) is 55.6. The number of aromatic nitrogens is 2. The Kier molecular flexibility index (Phi) is 12.8. The molecule has 0 aliphatic heterocycles. The first kappa shape index (κ1) is 50.7. The third-order valence-electron chi connectivity index (χ3n) is 13.6. The summed E-state index contributed by atoms with van der Waals surface area (Å²) >= 11 is 0. The average Bonchev–Trinajstić information content (AvgIpc) is 3.55. The maximum absolute atomic E-state index is 14.4. The van der Waals surface area contributed by atoms with Crippen LogP contribution in [0.1, 0.15) is 38.9 Å². The molecule has 0 bridgehead atoms. The van der Waals surface area contributed by atoms with Gasteiger partial charge in [-0.05, 0) is 113 Å². The van der Waals surface area contributed by atoms with E-state index in [1.54, 1.807) is 84.9 Å². The van der Waals surface area contributed by atoms with E-state index in [0.29, 0.717) is 23.6 Å². The highest BCUT2D eigenvalue weighted by Gasteiger charge is 2.33. The molecule has 390 valence electrons. The Bertz CT molecular complexity index is 4490. The van der Waals surface area contributed by atoms with Crippen LogP contribution in [0.25, 0.3) is 48.8 Å². The minimum absolute atomic E-state index is 0.129. The fourth-order valence-electron chi connectivity index (χ4n) is 9.36. The highest BCUT2D eigenvalue weighted by atomic mass is 16.5. The second-order valence-electron chi connectivity index (χ2n) is 19.3. The van der Waals surface area contributed by atoms with E-state index in [9.17, 15) is 38.4 Å². The molecule has 0 aliphatic carbocycles. The minimum atomic E-state index is -1.02. The van der Waals surface area contributed by atoms with Gasteiger partial charge in [-0.1, -0.05) is 113 Å². The van der Waals surface area contributed by atoms with Crippen LogP contribution < -0.4 is 63.7 Å². The highest BCUT2D eigenvalue weighted by Crippen LogP contribution is 2.43. The van der Waals surface area contributed by atoms with Crippen molar-refractivity contribution >= 4 is 43.1 Å². The molecule has 0 saturated carbocycles. The number of fused-ring (bicyclic) bond motifs is 4. The van der Waals surface area contributed by atoms with E-state index in [0.717, 1.165) is 42.5 Å². The SMILES string of the molecule is Cc1ccc(Cc2ccc(-n3c(=O)c4c(Oc5ccc(C)cc5)c5c(=O)n(C)c(=O)c5c(Oc5ccc(C)cc5)c4c3=O)cc2)cc1.Cc1ccc(Oc2c3c(=O)oc(=O)c3c(Oc3ccc(C)cc3)c3c(=O)oc(=O)c23)cc1. The molecule has 16 nitrogen and oxygen atoms in total. The van der Waals surface area contributed by atoms with E-state index in [-0.39, 0.29) is 77.6 Å². The highest BCUT2D eigenvalue weighted by molar-refractivity contribution is 6.12. The van der Waals surface area contributed by atoms with Gasteiger partial charge in [-0.15, -0.1) is 0 Å². The van der Waals surface area contributed by atoms with E-state index >= 15 is 0 Å². The largest absolute Gasteiger partial charge is 0.456 e. The number of aryl methyl sites for hydroxylation is 5. The first-order valence-electron chi connectivity index (χ1n) is 24.8. The molecule has 12 aromatic rings. The third kappa shape index (κ3) is 9.20. The fraction of sp³-hybridized carbons (Fsp3) is 0.111. The summed E-state index contributed by atoms with van der Waals surface area (Å²) in [5.41, 5.74) is 0.727. The Labute approximate surface area is 445 Å². The average molecular weight is 1050 g/mol. The lowest BCUT2D eigenvalue weighted by Gasteiger charge is -2.12. The summed E-state index contributed by atoms with van der Waals surface area (Å²) in [4.78, 5) is 106. The zero-order valence-electron chi connectivity index (χ0n) is 43.2. The van der Waals surface area contributed by atoms with Crippen molar-refractivity contribution in [2.24, 2.45) is 7.05 Å². The first-order chi connectivity index (χ1) is 37.9. The van der Waals surface area contributed by atoms with Crippen molar-refractivity contribution in [3.05, 3.63) is 268 Å². The van der Waals surface area contributed by atoms with Gasteiger partial charge in [-0.2, -0.15) is 0 Å². The van der Waals surface area contributed by atoms with Crippen molar-refractivity contribution in [2.75, 3.05) is 0 Å². The lowest BCUT2D eigenvalue weighted by molar-refractivity contribution is 0.475. The minimum Gasteiger partial charge on any atom is -0.456 e. The van der Waals surface area contributed by atoms with Gasteiger partial charge in [0.25, 0.3) is 22.2 Å². The molecule has 16 heteroatoms. The van der Waals surface area contributed by atoms with Crippen LogP contribution in [0.15, 0.2) is 193 Å². The summed E-state index contributed by atoms with van der Waals surface area (Å²) in [6, 6.07) is 43.0. The molecule has 4 heterocycles. The predicted molar refractivity (Wildman–Crippen MR) is 300 cm³/mol. The molecule has 0 spiro atoms. The van der Waals surface area contributed by atoms with Crippen LogP contribution >= 0.6 is 0 Å². The van der Waals surface area contributed by atoms with Crippen molar-refractivity contribution in [2.45, 2.75) is 41.0 Å². The second kappa shape index (κ2) is 19.9. The molecule has 0 atom stereocenters. The summed E-state index contributed by atoms with van der Waals surface area (Å²) in [6.45, 7) is 9.62. The number of ether oxygens (including phenoxy) is 4. The van der Waals surface area contributed by atoms with Crippen LogP contribution in [-0.4, -0.2) is 9.13 Å². The van der Waals surface area contributed by atoms with Gasteiger partial charge in [-0.25, -0.2) is 23.7 Å². The fourth-order valence-corrected chi connectivity index (χ4v) is 9.36. The van der Waals surface area contributed by atoms with Crippen molar-refractivity contribution in [1.29, 1.82) is 0 Å². The zero-order valence-corrected chi connectivity index (χ0v) is 43.2. The quantitative estimate of drug-likeness (QED) is 0.118. The predicted octanol–water partition coefficient (Wildman–Crippen LogP) is 10.2. The van der Waals surface area contributed by atoms with Crippen LogP contribution in [0.3, 0.4) is 0 Å². The smallest absolute Gasteiger partial charge is 0.350 e. The summed E-state index contributed by atoms with van der Waals surface area (Å²) in [7, 11) is 1.34. The van der Waals surface area contributed by atoms with Crippen molar-refractivity contribution in [3.63, 3.8) is 0 Å². The Morgan fingerprint density at radius 1 is 0.316 bits per heavy atom. The van der Waals surface area contributed by atoms with Crippen LogP contribution in [-0.2, 0) is 13.5 Å². The molecule has 0 saturated heterocycles. The Morgan fingerprint density at radius 3 is 0.848 bits per heavy atom. The summed E-state index contributed by atoms with van der Waals surface area (Å²) in [5, 5.41) is -1.75. The normalized spacial score (nSPS) is 11.4. The molecule has 4 aromatic heterocycles. The maximum atomic E-state index is 14.4. The standard InChI is InChI=1S/C39H30N2O6.C24H14O8/c1-22-5-11-25(12-6-22)21-26-13-15-27(16-14-26)41-38(44)32-33(39(41)45)35(47-29-19-9-24(3)10-20-29)31-30(36(42)40(4)37(31)43)34(32)46-28-17-7-23(2)8-18-28;1-11-3-7-13(8-4-11)29-19-15-17(23(27)31-21(15)25)20(18-16(19)22(26)32-24(18)28)30-14-9-5-12(2)6-10-14/h5-20H,21H2,1-4H3;3-10H,1-2H3. The molecule has 0 aliphatic rings. The van der Waals surface area contributed by atoms with Crippen molar-refractivity contribution in [3.8, 4) is 51.7 Å². The number of rotatable bonds is 11. The lowest BCUT2D eigenvalue weighted by atomic mass is 10.0. The number of furan rings is 2. The Balaban J connectivity index is 0.000000180. The third-order valence-corrected chi connectivity index (χ3v) is 13.6. The molecule has 0 unspecified atom stereocenters. The van der Waals surface area contributed by atoms with Gasteiger partial charge in [-0.3, -0.25) is 23.7 Å².